The number of hydrogen-bond donors (Lipinski definition) is 0. The Kier molecular flexibility index (Phi) is 7.49. The van der Waals surface area contributed by atoms with Crippen LogP contribution < -0.4 is 14.4 Å². The number of methoxy groups -OCH3 is 2. The molecule has 0 radical (unpaired) electrons. The Balaban J connectivity index is 2.05. The lowest BCUT2D eigenvalue weighted by Crippen LogP contribution is -2.33. The van der Waals surface area contributed by atoms with Gasteiger partial charge < -0.3 is 14.4 Å². The molecule has 1 aromatic heterocycles. The molecule has 3 aromatic rings. The van der Waals surface area contributed by atoms with Crippen LogP contribution in [0.1, 0.15) is 16.8 Å². The first-order valence-electron chi connectivity index (χ1n) is 9.68. The summed E-state index contributed by atoms with van der Waals surface area (Å²) in [5, 5.41) is 11.8. The van der Waals surface area contributed by atoms with Crippen LogP contribution in [-0.4, -0.2) is 62.1 Å². The summed E-state index contributed by atoms with van der Waals surface area (Å²) in [7, 11) is 6.98. The number of rotatable bonds is 9. The van der Waals surface area contributed by atoms with Crippen LogP contribution in [0.15, 0.2) is 30.3 Å². The van der Waals surface area contributed by atoms with Crippen molar-refractivity contribution >= 4 is 49.9 Å². The lowest BCUT2D eigenvalue weighted by molar-refractivity contribution is -0.384. The Morgan fingerprint density at radius 1 is 1.16 bits per heavy atom. The van der Waals surface area contributed by atoms with E-state index in [0.717, 1.165) is 11.2 Å². The number of halogens is 1. The van der Waals surface area contributed by atoms with E-state index in [-0.39, 0.29) is 16.3 Å². The lowest BCUT2D eigenvalue weighted by Gasteiger charge is -2.21. The van der Waals surface area contributed by atoms with Crippen molar-refractivity contribution in [3.8, 4) is 11.5 Å². The molecule has 11 heteroatoms. The second-order valence-corrected chi connectivity index (χ2v) is 8.62. The Bertz CT molecular complexity index is 1110. The van der Waals surface area contributed by atoms with Gasteiger partial charge in [-0.15, -0.1) is 0 Å². The molecule has 0 atom stereocenters. The van der Waals surface area contributed by atoms with Crippen molar-refractivity contribution in [2.24, 2.45) is 0 Å². The molecule has 0 N–H and O–H groups in total. The summed E-state index contributed by atoms with van der Waals surface area (Å²) in [6.45, 7) is 1.11. The van der Waals surface area contributed by atoms with Gasteiger partial charge in [0.25, 0.3) is 11.6 Å². The predicted octanol–water partition coefficient (Wildman–Crippen LogP) is 4.47. The minimum absolute atomic E-state index is 0.0557. The predicted molar refractivity (Wildman–Crippen MR) is 126 cm³/mol. The van der Waals surface area contributed by atoms with E-state index in [9.17, 15) is 14.9 Å². The van der Waals surface area contributed by atoms with Crippen LogP contribution >= 0.6 is 22.9 Å². The van der Waals surface area contributed by atoms with Gasteiger partial charge >= 0.3 is 0 Å². The summed E-state index contributed by atoms with van der Waals surface area (Å²) < 4.78 is 11.5. The first-order chi connectivity index (χ1) is 15.2. The smallest absolute Gasteiger partial charge is 0.270 e. The third-order valence-corrected chi connectivity index (χ3v) is 6.11. The number of carbonyl (C=O) groups is 1. The highest BCUT2D eigenvalue weighted by Crippen LogP contribution is 2.38. The normalized spacial score (nSPS) is 11.1. The second kappa shape index (κ2) is 10.1. The quantitative estimate of drug-likeness (QED) is 0.330. The highest BCUT2D eigenvalue weighted by Gasteiger charge is 2.25. The molecule has 0 bridgehead atoms. The fourth-order valence-corrected chi connectivity index (χ4v) is 4.32. The highest BCUT2D eigenvalue weighted by atomic mass is 35.5. The van der Waals surface area contributed by atoms with Gasteiger partial charge in [0.05, 0.1) is 39.9 Å². The van der Waals surface area contributed by atoms with Crippen molar-refractivity contribution < 1.29 is 19.2 Å². The molecule has 1 amide bonds. The Labute approximate surface area is 194 Å². The number of ether oxygens (including phenoxy) is 2. The SMILES string of the molecule is COc1cc2nc(N(CCCN(C)C)C(=O)c3cc([N+](=O)[O-])ccc3Cl)sc2cc1OC. The molecule has 1 heterocycles. The van der Waals surface area contributed by atoms with E-state index in [1.165, 1.54) is 34.4 Å². The molecule has 0 unspecified atom stereocenters. The number of nitro benzene ring substituents is 1. The van der Waals surface area contributed by atoms with Crippen LogP contribution in [-0.2, 0) is 0 Å². The summed E-state index contributed by atoms with van der Waals surface area (Å²) in [4.78, 5) is 32.3. The van der Waals surface area contributed by atoms with Gasteiger partial charge in [-0.1, -0.05) is 22.9 Å². The molecule has 0 aliphatic heterocycles. The van der Waals surface area contributed by atoms with Crippen molar-refractivity contribution in [2.75, 3.05) is 46.3 Å². The van der Waals surface area contributed by atoms with Crippen LogP contribution in [0.4, 0.5) is 10.8 Å². The number of carbonyl (C=O) groups excluding carboxylic acids is 1. The lowest BCUT2D eigenvalue weighted by atomic mass is 10.1. The zero-order chi connectivity index (χ0) is 23.4. The Morgan fingerprint density at radius 2 is 1.84 bits per heavy atom. The molecule has 0 fully saturated rings. The van der Waals surface area contributed by atoms with Gasteiger partial charge in [-0.05, 0) is 33.1 Å². The fourth-order valence-electron chi connectivity index (χ4n) is 3.12. The molecule has 2 aromatic carbocycles. The van der Waals surface area contributed by atoms with Gasteiger partial charge in [-0.2, -0.15) is 0 Å². The van der Waals surface area contributed by atoms with Gasteiger partial charge in [0.15, 0.2) is 16.6 Å². The number of nitrogens with zero attached hydrogens (tertiary/aromatic N) is 4. The van der Waals surface area contributed by atoms with E-state index in [1.54, 1.807) is 26.4 Å². The molecular formula is C21H23ClN4O5S. The Hall–Kier alpha value is -2.95. The van der Waals surface area contributed by atoms with Crippen molar-refractivity contribution in [3.63, 3.8) is 0 Å². The van der Waals surface area contributed by atoms with E-state index >= 15 is 0 Å². The van der Waals surface area contributed by atoms with Gasteiger partial charge in [0.1, 0.15) is 0 Å². The number of aromatic nitrogens is 1. The summed E-state index contributed by atoms with van der Waals surface area (Å²) >= 11 is 7.56. The first-order valence-corrected chi connectivity index (χ1v) is 10.9. The first kappa shape index (κ1) is 23.7. The van der Waals surface area contributed by atoms with E-state index in [2.05, 4.69) is 4.98 Å². The number of thiazole rings is 1. The number of nitro groups is 1. The van der Waals surface area contributed by atoms with Crippen molar-refractivity contribution in [1.29, 1.82) is 0 Å². The second-order valence-electron chi connectivity index (χ2n) is 7.21. The summed E-state index contributed by atoms with van der Waals surface area (Å²) in [6.07, 6.45) is 0.674. The number of hydrogen-bond acceptors (Lipinski definition) is 8. The standard InChI is InChI=1S/C21H23ClN4O5S/c1-24(2)8-5-9-25(20(27)14-10-13(26(28)29)6-7-15(14)22)21-23-16-11-17(30-3)18(31-4)12-19(16)32-21/h6-7,10-12H,5,8-9H2,1-4H3. The molecule has 0 spiro atoms. The summed E-state index contributed by atoms with van der Waals surface area (Å²) in [5.41, 5.74) is 0.503. The number of benzene rings is 2. The zero-order valence-corrected chi connectivity index (χ0v) is 19.7. The molecule has 0 saturated carbocycles. The van der Waals surface area contributed by atoms with Crippen molar-refractivity contribution in [3.05, 3.63) is 51.0 Å². The number of anilines is 1. The maximum Gasteiger partial charge on any atom is 0.270 e. The third kappa shape index (κ3) is 5.09. The maximum absolute atomic E-state index is 13.5. The van der Waals surface area contributed by atoms with Crippen LogP contribution in [0.2, 0.25) is 5.02 Å². The molecule has 0 saturated heterocycles. The summed E-state index contributed by atoms with van der Waals surface area (Å²) in [6, 6.07) is 7.38. The van der Waals surface area contributed by atoms with Gasteiger partial charge in [-0.3, -0.25) is 19.8 Å². The zero-order valence-electron chi connectivity index (χ0n) is 18.1. The van der Waals surface area contributed by atoms with Crippen LogP contribution in [0.5, 0.6) is 11.5 Å². The van der Waals surface area contributed by atoms with E-state index in [0.29, 0.717) is 35.1 Å². The van der Waals surface area contributed by atoms with Crippen LogP contribution in [0, 0.1) is 10.1 Å². The molecule has 170 valence electrons. The van der Waals surface area contributed by atoms with E-state index in [4.69, 9.17) is 21.1 Å². The molecular weight excluding hydrogens is 456 g/mol. The fraction of sp³-hybridized carbons (Fsp3) is 0.333. The van der Waals surface area contributed by atoms with Crippen LogP contribution in [0.3, 0.4) is 0 Å². The number of fused-ring (bicyclic) bond motifs is 1. The highest BCUT2D eigenvalue weighted by molar-refractivity contribution is 7.22. The van der Waals surface area contributed by atoms with Crippen molar-refractivity contribution in [1.82, 2.24) is 9.88 Å². The van der Waals surface area contributed by atoms with Gasteiger partial charge in [0.2, 0.25) is 0 Å². The van der Waals surface area contributed by atoms with Crippen LogP contribution in [0.25, 0.3) is 10.2 Å². The average molecular weight is 479 g/mol. The molecule has 32 heavy (non-hydrogen) atoms. The van der Waals surface area contributed by atoms with Gasteiger partial charge in [-0.25, -0.2) is 4.98 Å². The largest absolute Gasteiger partial charge is 0.493 e. The molecule has 9 nitrogen and oxygen atoms in total. The maximum atomic E-state index is 13.5. The monoisotopic (exact) mass is 478 g/mol. The Morgan fingerprint density at radius 3 is 2.47 bits per heavy atom. The molecule has 0 aliphatic carbocycles. The number of non-ortho nitro benzene ring substituents is 1. The number of amides is 1. The van der Waals surface area contributed by atoms with E-state index in [1.807, 2.05) is 19.0 Å². The third-order valence-electron chi connectivity index (χ3n) is 4.74. The topological polar surface area (TPSA) is 98.0 Å². The minimum atomic E-state index is -0.556. The average Bonchev–Trinajstić information content (AvgIpc) is 3.17. The molecule has 3 rings (SSSR count). The van der Waals surface area contributed by atoms with Crippen molar-refractivity contribution in [2.45, 2.75) is 6.42 Å². The van der Waals surface area contributed by atoms with E-state index < -0.39 is 10.8 Å². The minimum Gasteiger partial charge on any atom is -0.493 e. The van der Waals surface area contributed by atoms with Gasteiger partial charge in [0, 0.05) is 30.8 Å². The molecule has 0 aliphatic rings. The summed E-state index contributed by atoms with van der Waals surface area (Å²) in [5.74, 6) is 0.641.